The number of carboxylic acid groups (broad SMARTS) is 1. The van der Waals surface area contributed by atoms with Gasteiger partial charge < -0.3 is 19.5 Å². The number of carbonyl (C=O) groups is 2. The van der Waals surface area contributed by atoms with Crippen LogP contribution < -0.4 is 5.32 Å². The minimum atomic E-state index is -1.19. The molecule has 0 saturated carbocycles. The highest BCUT2D eigenvalue weighted by Crippen LogP contribution is 2.28. The average Bonchev–Trinajstić information content (AvgIpc) is 3.21. The van der Waals surface area contributed by atoms with Crippen LogP contribution in [-0.4, -0.2) is 31.7 Å². The zero-order valence-electron chi connectivity index (χ0n) is 13.6. The summed E-state index contributed by atoms with van der Waals surface area (Å²) in [7, 11) is 1.75. The lowest BCUT2D eigenvalue weighted by Crippen LogP contribution is -2.28. The van der Waals surface area contributed by atoms with Crippen molar-refractivity contribution < 1.29 is 19.2 Å². The monoisotopic (exact) mass is 340 g/mol. The van der Waals surface area contributed by atoms with Crippen LogP contribution in [0.2, 0.25) is 0 Å². The van der Waals surface area contributed by atoms with Crippen molar-refractivity contribution in [2.24, 2.45) is 7.05 Å². The summed E-state index contributed by atoms with van der Waals surface area (Å²) in [6, 6.07) is 6.11. The lowest BCUT2D eigenvalue weighted by molar-refractivity contribution is 0.0692. The molecule has 0 bridgehead atoms. The molecule has 0 aliphatic rings. The summed E-state index contributed by atoms with van der Waals surface area (Å²) >= 11 is 0. The molecule has 1 amide bonds. The summed E-state index contributed by atoms with van der Waals surface area (Å²) < 4.78 is 6.91. The van der Waals surface area contributed by atoms with Crippen molar-refractivity contribution in [3.05, 3.63) is 59.9 Å². The van der Waals surface area contributed by atoms with Crippen LogP contribution in [0.25, 0.3) is 11.3 Å². The molecule has 0 aliphatic heterocycles. The highest BCUT2D eigenvalue weighted by Gasteiger charge is 2.28. The summed E-state index contributed by atoms with van der Waals surface area (Å²) in [6.45, 7) is 1.64. The molecule has 128 valence electrons. The first kappa shape index (κ1) is 16.4. The fourth-order valence-corrected chi connectivity index (χ4v) is 2.54. The Morgan fingerprint density at radius 1 is 1.32 bits per heavy atom. The van der Waals surface area contributed by atoms with Gasteiger partial charge >= 0.3 is 5.97 Å². The summed E-state index contributed by atoms with van der Waals surface area (Å²) in [6.07, 6.45) is 4.83. The number of nitrogens with zero attached hydrogens (tertiary/aromatic N) is 3. The van der Waals surface area contributed by atoms with E-state index in [-0.39, 0.29) is 22.9 Å². The number of pyridine rings is 1. The lowest BCUT2D eigenvalue weighted by Gasteiger charge is -2.12. The molecule has 0 saturated heterocycles. The maximum Gasteiger partial charge on any atom is 0.341 e. The second-order valence-electron chi connectivity index (χ2n) is 5.52. The molecule has 0 fully saturated rings. The molecule has 3 heterocycles. The van der Waals surface area contributed by atoms with Crippen LogP contribution in [0.3, 0.4) is 0 Å². The van der Waals surface area contributed by atoms with Crippen molar-refractivity contribution >= 4 is 11.9 Å². The van der Waals surface area contributed by atoms with Crippen LogP contribution in [0.1, 0.15) is 39.6 Å². The highest BCUT2D eigenvalue weighted by atomic mass is 16.5. The molecule has 3 rings (SSSR count). The maximum atomic E-state index is 12.3. The van der Waals surface area contributed by atoms with E-state index in [9.17, 15) is 14.7 Å². The standard InChI is InChI=1S/C17H16N4O4/c1-10(19-16(22)12-6-4-8-21(12)2)15-13(17(23)24)14(20-25-15)11-5-3-7-18-9-11/h3-10H,1-2H3,(H,19,22)(H,23,24). The van der Waals surface area contributed by atoms with Gasteiger partial charge in [0.2, 0.25) is 0 Å². The van der Waals surface area contributed by atoms with Gasteiger partial charge in [-0.1, -0.05) is 5.16 Å². The van der Waals surface area contributed by atoms with Gasteiger partial charge in [0, 0.05) is 31.2 Å². The Morgan fingerprint density at radius 2 is 2.12 bits per heavy atom. The van der Waals surface area contributed by atoms with E-state index in [2.05, 4.69) is 15.5 Å². The molecular weight excluding hydrogens is 324 g/mol. The van der Waals surface area contributed by atoms with E-state index in [1.165, 1.54) is 6.20 Å². The SMILES string of the molecule is CC(NC(=O)c1cccn1C)c1onc(-c2cccnc2)c1C(=O)O. The van der Waals surface area contributed by atoms with Gasteiger partial charge in [-0.05, 0) is 31.2 Å². The summed E-state index contributed by atoms with van der Waals surface area (Å²) in [4.78, 5) is 28.0. The van der Waals surface area contributed by atoms with Gasteiger partial charge in [0.05, 0.1) is 6.04 Å². The number of nitrogens with one attached hydrogen (secondary N) is 1. The van der Waals surface area contributed by atoms with Gasteiger partial charge in [0.1, 0.15) is 17.0 Å². The van der Waals surface area contributed by atoms with Crippen molar-refractivity contribution in [1.29, 1.82) is 0 Å². The maximum absolute atomic E-state index is 12.3. The number of rotatable bonds is 5. The fraction of sp³-hybridized carbons (Fsp3) is 0.176. The predicted octanol–water partition coefficient (Wildman–Crippen LogP) is 2.26. The highest BCUT2D eigenvalue weighted by molar-refractivity contribution is 5.96. The number of aryl methyl sites for hydroxylation is 1. The number of aromatic carboxylic acids is 1. The average molecular weight is 340 g/mol. The van der Waals surface area contributed by atoms with Crippen molar-refractivity contribution in [2.45, 2.75) is 13.0 Å². The van der Waals surface area contributed by atoms with Gasteiger partial charge in [-0.25, -0.2) is 4.79 Å². The van der Waals surface area contributed by atoms with Crippen molar-refractivity contribution in [3.8, 4) is 11.3 Å². The molecule has 2 N–H and O–H groups in total. The van der Waals surface area contributed by atoms with E-state index < -0.39 is 12.0 Å². The Labute approximate surface area is 143 Å². The van der Waals surface area contributed by atoms with Crippen LogP contribution in [0, 0.1) is 0 Å². The van der Waals surface area contributed by atoms with Crippen LogP contribution in [-0.2, 0) is 7.05 Å². The largest absolute Gasteiger partial charge is 0.477 e. The molecule has 8 nitrogen and oxygen atoms in total. The Kier molecular flexibility index (Phi) is 4.34. The van der Waals surface area contributed by atoms with Crippen molar-refractivity contribution in [1.82, 2.24) is 20.0 Å². The van der Waals surface area contributed by atoms with Gasteiger partial charge in [0.25, 0.3) is 5.91 Å². The number of carbonyl (C=O) groups excluding carboxylic acids is 1. The number of hydrogen-bond acceptors (Lipinski definition) is 5. The minimum absolute atomic E-state index is 0.0777. The molecule has 25 heavy (non-hydrogen) atoms. The van der Waals surface area contributed by atoms with Crippen molar-refractivity contribution in [3.63, 3.8) is 0 Å². The van der Waals surface area contributed by atoms with Gasteiger partial charge in [-0.2, -0.15) is 0 Å². The zero-order valence-corrected chi connectivity index (χ0v) is 13.6. The second kappa shape index (κ2) is 6.60. The van der Waals surface area contributed by atoms with Crippen molar-refractivity contribution in [2.75, 3.05) is 0 Å². The van der Waals surface area contributed by atoms with E-state index in [0.717, 1.165) is 0 Å². The fourth-order valence-electron chi connectivity index (χ4n) is 2.54. The third-order valence-electron chi connectivity index (χ3n) is 3.78. The molecule has 3 aromatic heterocycles. The first-order chi connectivity index (χ1) is 12.0. The number of carboxylic acids is 1. The van der Waals surface area contributed by atoms with Crippen LogP contribution >= 0.6 is 0 Å². The first-order valence-corrected chi connectivity index (χ1v) is 7.54. The molecular formula is C17H16N4O4. The zero-order chi connectivity index (χ0) is 18.0. The molecule has 0 aliphatic carbocycles. The smallest absolute Gasteiger partial charge is 0.341 e. The van der Waals surface area contributed by atoms with Gasteiger partial charge in [-0.3, -0.25) is 9.78 Å². The third kappa shape index (κ3) is 3.14. The first-order valence-electron chi connectivity index (χ1n) is 7.54. The Bertz CT molecular complexity index is 914. The Hall–Kier alpha value is -3.42. The summed E-state index contributed by atoms with van der Waals surface area (Å²) in [5.74, 6) is -1.44. The van der Waals surface area contributed by atoms with Crippen LogP contribution in [0.5, 0.6) is 0 Å². The third-order valence-corrected chi connectivity index (χ3v) is 3.78. The normalized spacial score (nSPS) is 11.9. The molecule has 1 unspecified atom stereocenters. The second-order valence-corrected chi connectivity index (χ2v) is 5.52. The topological polar surface area (TPSA) is 110 Å². The Morgan fingerprint density at radius 3 is 2.72 bits per heavy atom. The lowest BCUT2D eigenvalue weighted by atomic mass is 10.0. The molecule has 1 atom stereocenters. The molecule has 8 heteroatoms. The summed E-state index contributed by atoms with van der Waals surface area (Å²) in [5, 5.41) is 16.2. The molecule has 0 radical (unpaired) electrons. The van der Waals surface area contributed by atoms with E-state index in [1.807, 2.05) is 0 Å². The van der Waals surface area contributed by atoms with E-state index >= 15 is 0 Å². The van der Waals surface area contributed by atoms with E-state index in [0.29, 0.717) is 11.3 Å². The minimum Gasteiger partial charge on any atom is -0.477 e. The molecule has 0 spiro atoms. The Balaban J connectivity index is 1.92. The van der Waals surface area contributed by atoms with Gasteiger partial charge in [-0.15, -0.1) is 0 Å². The number of aromatic nitrogens is 3. The van der Waals surface area contributed by atoms with E-state index in [1.54, 1.807) is 55.2 Å². The predicted molar refractivity (Wildman–Crippen MR) is 88.0 cm³/mol. The van der Waals surface area contributed by atoms with E-state index in [4.69, 9.17) is 4.52 Å². The summed E-state index contributed by atoms with van der Waals surface area (Å²) in [5.41, 5.74) is 1.06. The van der Waals surface area contributed by atoms with Crippen LogP contribution in [0.15, 0.2) is 47.4 Å². The number of amides is 1. The van der Waals surface area contributed by atoms with Gasteiger partial charge in [0.15, 0.2) is 5.76 Å². The molecule has 0 aromatic carbocycles. The number of hydrogen-bond donors (Lipinski definition) is 2. The van der Waals surface area contributed by atoms with Crippen LogP contribution in [0.4, 0.5) is 0 Å². The quantitative estimate of drug-likeness (QED) is 0.737. The molecule has 3 aromatic rings.